The van der Waals surface area contributed by atoms with Gasteiger partial charge in [0.1, 0.15) is 11.6 Å². The molecule has 2 rings (SSSR count). The van der Waals surface area contributed by atoms with E-state index >= 15 is 0 Å². The van der Waals surface area contributed by atoms with Crippen molar-refractivity contribution < 1.29 is 4.74 Å². The Morgan fingerprint density at radius 1 is 1.06 bits per heavy atom. The summed E-state index contributed by atoms with van der Waals surface area (Å²) in [5.74, 6) is 1.49. The first kappa shape index (κ1) is 14.0. The van der Waals surface area contributed by atoms with Crippen LogP contribution in [0, 0.1) is 0 Å². The first-order chi connectivity index (χ1) is 8.79. The van der Waals surface area contributed by atoms with Gasteiger partial charge in [0.2, 0.25) is 0 Å². The molecule has 0 saturated carbocycles. The number of hydrazine groups is 1. The molecule has 0 radical (unpaired) electrons. The van der Waals surface area contributed by atoms with E-state index in [4.69, 9.17) is 10.5 Å². The molecule has 0 aliphatic carbocycles. The number of benzene rings is 1. The van der Waals surface area contributed by atoms with Gasteiger partial charge in [0.25, 0.3) is 0 Å². The number of hydrogen-bond donors (Lipinski definition) is 3. The highest BCUT2D eigenvalue weighted by atomic mass is 16.5. The fourth-order valence-electron chi connectivity index (χ4n) is 1.46. The van der Waals surface area contributed by atoms with Crippen molar-refractivity contribution in [3.05, 3.63) is 47.8 Å². The van der Waals surface area contributed by atoms with Crippen LogP contribution in [0.25, 0.3) is 5.70 Å². The molecule has 0 spiro atoms. The Balaban J connectivity index is 0.000000771. The predicted octanol–water partition coefficient (Wildman–Crippen LogP) is 2.36. The average molecular weight is 247 g/mol. The second-order valence-electron chi connectivity index (χ2n) is 3.41. The molecule has 98 valence electrons. The summed E-state index contributed by atoms with van der Waals surface area (Å²) in [7, 11) is 0. The summed E-state index contributed by atoms with van der Waals surface area (Å²) < 4.78 is 5.38. The van der Waals surface area contributed by atoms with E-state index in [2.05, 4.69) is 10.9 Å². The molecular weight excluding hydrogens is 226 g/mol. The van der Waals surface area contributed by atoms with Gasteiger partial charge in [-0.3, -0.25) is 10.9 Å². The maximum atomic E-state index is 5.56. The Hall–Kier alpha value is -2.10. The van der Waals surface area contributed by atoms with Gasteiger partial charge in [0, 0.05) is 0 Å². The Labute approximate surface area is 108 Å². The minimum Gasteiger partial charge on any atom is -0.494 e. The Morgan fingerprint density at radius 3 is 2.22 bits per heavy atom. The second kappa shape index (κ2) is 7.27. The van der Waals surface area contributed by atoms with Gasteiger partial charge in [-0.05, 0) is 48.9 Å². The van der Waals surface area contributed by atoms with Crippen LogP contribution in [0.15, 0.2) is 42.2 Å². The van der Waals surface area contributed by atoms with Crippen molar-refractivity contribution in [3.8, 4) is 5.75 Å². The van der Waals surface area contributed by atoms with Gasteiger partial charge in [-0.1, -0.05) is 13.8 Å². The van der Waals surface area contributed by atoms with Crippen molar-refractivity contribution in [2.45, 2.75) is 20.8 Å². The molecule has 1 aromatic rings. The van der Waals surface area contributed by atoms with E-state index < -0.39 is 0 Å². The fraction of sp³-hybridized carbons (Fsp3) is 0.286. The summed E-state index contributed by atoms with van der Waals surface area (Å²) in [6, 6.07) is 7.90. The zero-order valence-electron chi connectivity index (χ0n) is 11.2. The average Bonchev–Trinajstić information content (AvgIpc) is 2.43. The van der Waals surface area contributed by atoms with E-state index in [1.807, 2.05) is 57.2 Å². The molecule has 1 aliphatic rings. The van der Waals surface area contributed by atoms with Crippen LogP contribution < -0.4 is 21.3 Å². The lowest BCUT2D eigenvalue weighted by Gasteiger charge is -2.17. The molecule has 0 saturated heterocycles. The Morgan fingerprint density at radius 2 is 1.72 bits per heavy atom. The first-order valence-corrected chi connectivity index (χ1v) is 6.22. The monoisotopic (exact) mass is 247 g/mol. The minimum atomic E-state index is 0.606. The number of ether oxygens (including phenoxy) is 1. The van der Waals surface area contributed by atoms with E-state index in [-0.39, 0.29) is 0 Å². The van der Waals surface area contributed by atoms with Crippen molar-refractivity contribution in [3.63, 3.8) is 0 Å². The van der Waals surface area contributed by atoms with Gasteiger partial charge in [-0.2, -0.15) is 0 Å². The largest absolute Gasteiger partial charge is 0.494 e. The van der Waals surface area contributed by atoms with Crippen LogP contribution in [0.5, 0.6) is 5.75 Å². The standard InChI is InChI=1S/C12H15N3O.C2H6/c1-2-16-10-5-3-9(4-6-10)11-7-8-12(13)15-14-11;1-2/h3-8,14-15H,2,13H2,1H3;1-2H3. The van der Waals surface area contributed by atoms with E-state index in [0.717, 1.165) is 17.0 Å². The van der Waals surface area contributed by atoms with Gasteiger partial charge in [0.15, 0.2) is 0 Å². The Bertz CT molecular complexity index is 421. The number of allylic oxidation sites excluding steroid dienone is 2. The first-order valence-electron chi connectivity index (χ1n) is 6.22. The van der Waals surface area contributed by atoms with Crippen LogP contribution >= 0.6 is 0 Å². The summed E-state index contributed by atoms with van der Waals surface area (Å²) in [5, 5.41) is 0. The third-order valence-electron chi connectivity index (χ3n) is 2.25. The van der Waals surface area contributed by atoms with Crippen LogP contribution in [0.4, 0.5) is 0 Å². The van der Waals surface area contributed by atoms with Crippen LogP contribution in [0.3, 0.4) is 0 Å². The van der Waals surface area contributed by atoms with Gasteiger partial charge >= 0.3 is 0 Å². The Kier molecular flexibility index (Phi) is 5.64. The number of rotatable bonds is 3. The second-order valence-corrected chi connectivity index (χ2v) is 3.41. The lowest BCUT2D eigenvalue weighted by molar-refractivity contribution is 0.340. The molecular formula is C14H21N3O. The van der Waals surface area contributed by atoms with Gasteiger partial charge in [-0.15, -0.1) is 0 Å². The smallest absolute Gasteiger partial charge is 0.119 e. The van der Waals surface area contributed by atoms with Gasteiger partial charge < -0.3 is 10.5 Å². The van der Waals surface area contributed by atoms with Gasteiger partial charge in [0.05, 0.1) is 12.3 Å². The molecule has 1 heterocycles. The lowest BCUT2D eigenvalue weighted by atomic mass is 10.1. The molecule has 0 aromatic heterocycles. The third kappa shape index (κ3) is 3.73. The molecule has 0 fully saturated rings. The maximum absolute atomic E-state index is 5.56. The zero-order valence-corrected chi connectivity index (χ0v) is 11.2. The minimum absolute atomic E-state index is 0.606. The van der Waals surface area contributed by atoms with E-state index in [1.54, 1.807) is 0 Å². The van der Waals surface area contributed by atoms with Crippen molar-refractivity contribution in [1.29, 1.82) is 0 Å². The summed E-state index contributed by atoms with van der Waals surface area (Å²) in [6.45, 7) is 6.65. The van der Waals surface area contributed by atoms with E-state index in [1.165, 1.54) is 0 Å². The zero-order chi connectivity index (χ0) is 13.4. The number of hydrogen-bond acceptors (Lipinski definition) is 4. The predicted molar refractivity (Wildman–Crippen MR) is 75.5 cm³/mol. The van der Waals surface area contributed by atoms with E-state index in [9.17, 15) is 0 Å². The molecule has 0 atom stereocenters. The van der Waals surface area contributed by atoms with E-state index in [0.29, 0.717) is 12.4 Å². The summed E-state index contributed by atoms with van der Waals surface area (Å²) in [6.07, 6.45) is 3.75. The molecule has 4 heteroatoms. The summed E-state index contributed by atoms with van der Waals surface area (Å²) >= 11 is 0. The SMILES string of the molecule is CC.CCOc1ccc(C2=CC=C(N)NN2)cc1. The molecule has 0 unspecified atom stereocenters. The normalized spacial score (nSPS) is 13.1. The molecule has 18 heavy (non-hydrogen) atoms. The van der Waals surface area contributed by atoms with Crippen LogP contribution in [0.1, 0.15) is 26.3 Å². The highest BCUT2D eigenvalue weighted by Gasteiger charge is 2.04. The van der Waals surface area contributed by atoms with Crippen molar-refractivity contribution in [2.24, 2.45) is 5.73 Å². The number of nitrogens with one attached hydrogen (secondary N) is 2. The third-order valence-corrected chi connectivity index (χ3v) is 2.25. The number of nitrogens with two attached hydrogens (primary N) is 1. The van der Waals surface area contributed by atoms with Crippen LogP contribution in [-0.2, 0) is 0 Å². The molecule has 4 N–H and O–H groups in total. The maximum Gasteiger partial charge on any atom is 0.119 e. The van der Waals surface area contributed by atoms with Crippen molar-refractivity contribution >= 4 is 5.70 Å². The molecule has 4 nitrogen and oxygen atoms in total. The van der Waals surface area contributed by atoms with Crippen molar-refractivity contribution in [2.75, 3.05) is 6.61 Å². The molecule has 0 amide bonds. The summed E-state index contributed by atoms with van der Waals surface area (Å²) in [5.41, 5.74) is 13.5. The fourth-order valence-corrected chi connectivity index (χ4v) is 1.46. The topological polar surface area (TPSA) is 59.3 Å². The van der Waals surface area contributed by atoms with Crippen molar-refractivity contribution in [1.82, 2.24) is 10.9 Å². The van der Waals surface area contributed by atoms with Crippen LogP contribution in [-0.4, -0.2) is 6.61 Å². The highest BCUT2D eigenvalue weighted by molar-refractivity contribution is 5.66. The molecule has 0 bridgehead atoms. The summed E-state index contributed by atoms with van der Waals surface area (Å²) in [4.78, 5) is 0. The van der Waals surface area contributed by atoms with Crippen LogP contribution in [0.2, 0.25) is 0 Å². The lowest BCUT2D eigenvalue weighted by Crippen LogP contribution is -2.35. The quantitative estimate of drug-likeness (QED) is 0.767. The molecule has 1 aliphatic heterocycles. The molecule has 1 aromatic carbocycles. The highest BCUT2D eigenvalue weighted by Crippen LogP contribution is 2.17. The van der Waals surface area contributed by atoms with Gasteiger partial charge in [-0.25, -0.2) is 0 Å².